The maximum atomic E-state index is 11.6. The minimum atomic E-state index is -0.137. The molecule has 0 aliphatic rings. The first-order chi connectivity index (χ1) is 9.04. The third-order valence-corrected chi connectivity index (χ3v) is 3.94. The zero-order valence-electron chi connectivity index (χ0n) is 13.2. The maximum absolute atomic E-state index is 11.6. The summed E-state index contributed by atoms with van der Waals surface area (Å²) >= 11 is 0. The molecule has 0 fully saturated rings. The first-order valence-corrected chi connectivity index (χ1v) is 7.88. The number of rotatable bonds is 11. The van der Waals surface area contributed by atoms with E-state index in [4.69, 9.17) is 0 Å². The molecule has 0 saturated heterocycles. The predicted molar refractivity (Wildman–Crippen MR) is 82.1 cm³/mol. The fraction of sp³-hybridized carbons (Fsp3) is 0.824. The van der Waals surface area contributed by atoms with E-state index >= 15 is 0 Å². The quantitative estimate of drug-likeness (QED) is 0.560. The van der Waals surface area contributed by atoms with Gasteiger partial charge in [-0.05, 0) is 37.7 Å². The van der Waals surface area contributed by atoms with Crippen LogP contribution in [0.25, 0.3) is 0 Å². The highest BCUT2D eigenvalue weighted by Gasteiger charge is 2.17. The molecule has 2 nitrogen and oxygen atoms in total. The van der Waals surface area contributed by atoms with Crippen LogP contribution in [0.15, 0.2) is 12.2 Å². The van der Waals surface area contributed by atoms with Crippen LogP contribution >= 0.6 is 0 Å². The molecule has 0 spiro atoms. The lowest BCUT2D eigenvalue weighted by molar-refractivity contribution is -0.115. The highest BCUT2D eigenvalue weighted by atomic mass is 16.3. The molecule has 0 radical (unpaired) electrons. The second-order valence-electron chi connectivity index (χ2n) is 5.69. The molecule has 0 saturated carbocycles. The Morgan fingerprint density at radius 2 is 1.89 bits per heavy atom. The van der Waals surface area contributed by atoms with Crippen LogP contribution < -0.4 is 0 Å². The van der Waals surface area contributed by atoms with E-state index in [9.17, 15) is 9.90 Å². The van der Waals surface area contributed by atoms with E-state index in [0.717, 1.165) is 38.5 Å². The maximum Gasteiger partial charge on any atom is 0.155 e. The van der Waals surface area contributed by atoms with E-state index in [1.165, 1.54) is 0 Å². The number of allylic oxidation sites excluding steroid dienone is 2. The van der Waals surface area contributed by atoms with Crippen LogP contribution in [0.1, 0.15) is 72.6 Å². The molecule has 1 N–H and O–H groups in total. The third kappa shape index (κ3) is 8.99. The molecule has 0 aromatic heterocycles. The van der Waals surface area contributed by atoms with Gasteiger partial charge >= 0.3 is 0 Å². The smallest absolute Gasteiger partial charge is 0.155 e. The summed E-state index contributed by atoms with van der Waals surface area (Å²) in [7, 11) is 0. The van der Waals surface area contributed by atoms with Gasteiger partial charge in [0.2, 0.25) is 0 Å². The number of carbonyl (C=O) groups is 1. The Labute approximate surface area is 119 Å². The van der Waals surface area contributed by atoms with Gasteiger partial charge in [-0.25, -0.2) is 0 Å². The highest BCUT2D eigenvalue weighted by Crippen LogP contribution is 2.25. The summed E-state index contributed by atoms with van der Waals surface area (Å²) in [5, 5.41) is 9.73. The van der Waals surface area contributed by atoms with Crippen molar-refractivity contribution in [2.75, 3.05) is 0 Å². The van der Waals surface area contributed by atoms with Crippen LogP contribution in [0, 0.1) is 11.8 Å². The van der Waals surface area contributed by atoms with Crippen LogP contribution in [-0.4, -0.2) is 17.0 Å². The molecule has 0 aliphatic heterocycles. The van der Waals surface area contributed by atoms with Crippen LogP contribution in [0.4, 0.5) is 0 Å². The normalized spacial score (nSPS) is 16.5. The Hall–Kier alpha value is -0.630. The van der Waals surface area contributed by atoms with Crippen molar-refractivity contribution >= 4 is 5.78 Å². The summed E-state index contributed by atoms with van der Waals surface area (Å²) in [6, 6.07) is 0. The molecule has 0 aromatic rings. The number of carbonyl (C=O) groups excluding carboxylic acids is 1. The van der Waals surface area contributed by atoms with Crippen molar-refractivity contribution in [3.63, 3.8) is 0 Å². The van der Waals surface area contributed by atoms with Crippen LogP contribution in [0.3, 0.4) is 0 Å². The summed E-state index contributed by atoms with van der Waals surface area (Å²) in [6.45, 7) is 8.36. The SMILES string of the molecule is C/C=C/C(=O)CC(C)C(CC)CCCC(O)CCC. The van der Waals surface area contributed by atoms with Gasteiger partial charge in [0, 0.05) is 6.42 Å². The topological polar surface area (TPSA) is 37.3 Å². The second-order valence-corrected chi connectivity index (χ2v) is 5.69. The standard InChI is InChI=1S/C17H32O2/c1-5-9-16(18)12-8-11-15(7-3)14(4)13-17(19)10-6-2/h6,10,14-16,18H,5,7-9,11-13H2,1-4H3/b10-6+. The van der Waals surface area contributed by atoms with Crippen molar-refractivity contribution in [3.8, 4) is 0 Å². The van der Waals surface area contributed by atoms with Gasteiger partial charge in [-0.3, -0.25) is 4.79 Å². The van der Waals surface area contributed by atoms with Gasteiger partial charge in [0.05, 0.1) is 6.10 Å². The first-order valence-electron chi connectivity index (χ1n) is 7.88. The molecule has 3 atom stereocenters. The van der Waals surface area contributed by atoms with E-state index < -0.39 is 0 Å². The number of aliphatic hydroxyl groups excluding tert-OH is 1. The largest absolute Gasteiger partial charge is 0.393 e. The molecular formula is C17H32O2. The van der Waals surface area contributed by atoms with Gasteiger partial charge in [0.25, 0.3) is 0 Å². The molecule has 0 amide bonds. The van der Waals surface area contributed by atoms with Crippen molar-refractivity contribution in [2.24, 2.45) is 11.8 Å². The van der Waals surface area contributed by atoms with E-state index in [-0.39, 0.29) is 11.9 Å². The predicted octanol–water partition coefficient (Wildman–Crippen LogP) is 4.52. The van der Waals surface area contributed by atoms with E-state index in [1.54, 1.807) is 6.08 Å². The van der Waals surface area contributed by atoms with Crippen molar-refractivity contribution in [1.82, 2.24) is 0 Å². The number of hydrogen-bond donors (Lipinski definition) is 1. The highest BCUT2D eigenvalue weighted by molar-refractivity contribution is 5.89. The van der Waals surface area contributed by atoms with Crippen molar-refractivity contribution in [2.45, 2.75) is 78.7 Å². The third-order valence-electron chi connectivity index (χ3n) is 3.94. The summed E-state index contributed by atoms with van der Waals surface area (Å²) in [4.78, 5) is 11.6. The lowest BCUT2D eigenvalue weighted by Gasteiger charge is -2.22. The minimum absolute atomic E-state index is 0.137. The number of aliphatic hydroxyl groups is 1. The Bertz CT molecular complexity index is 258. The molecule has 0 rings (SSSR count). The van der Waals surface area contributed by atoms with Crippen LogP contribution in [0.2, 0.25) is 0 Å². The molecule has 0 bridgehead atoms. The molecule has 0 aromatic carbocycles. The van der Waals surface area contributed by atoms with E-state index in [2.05, 4.69) is 20.8 Å². The van der Waals surface area contributed by atoms with Gasteiger partial charge in [-0.15, -0.1) is 0 Å². The van der Waals surface area contributed by atoms with Crippen LogP contribution in [-0.2, 0) is 4.79 Å². The van der Waals surface area contributed by atoms with Gasteiger partial charge in [0.15, 0.2) is 5.78 Å². The molecule has 3 unspecified atom stereocenters. The second kappa shape index (κ2) is 11.2. The zero-order valence-corrected chi connectivity index (χ0v) is 13.2. The Morgan fingerprint density at radius 1 is 1.21 bits per heavy atom. The van der Waals surface area contributed by atoms with Gasteiger partial charge in [-0.1, -0.05) is 52.5 Å². The average molecular weight is 268 g/mol. The first kappa shape index (κ1) is 18.4. The lowest BCUT2D eigenvalue weighted by atomic mass is 9.83. The molecule has 0 heterocycles. The number of hydrogen-bond acceptors (Lipinski definition) is 2. The van der Waals surface area contributed by atoms with Crippen LogP contribution in [0.5, 0.6) is 0 Å². The number of ketones is 1. The van der Waals surface area contributed by atoms with Gasteiger partial charge < -0.3 is 5.11 Å². The molecule has 0 aliphatic carbocycles. The van der Waals surface area contributed by atoms with Crippen molar-refractivity contribution in [1.29, 1.82) is 0 Å². The lowest BCUT2D eigenvalue weighted by Crippen LogP contribution is -2.15. The van der Waals surface area contributed by atoms with E-state index in [0.29, 0.717) is 18.3 Å². The summed E-state index contributed by atoms with van der Waals surface area (Å²) in [5.74, 6) is 1.28. The minimum Gasteiger partial charge on any atom is -0.393 e. The van der Waals surface area contributed by atoms with Gasteiger partial charge in [-0.2, -0.15) is 0 Å². The molecule has 112 valence electrons. The molecule has 2 heteroatoms. The van der Waals surface area contributed by atoms with Gasteiger partial charge in [0.1, 0.15) is 0 Å². The van der Waals surface area contributed by atoms with Crippen molar-refractivity contribution in [3.05, 3.63) is 12.2 Å². The zero-order chi connectivity index (χ0) is 14.7. The fourth-order valence-corrected chi connectivity index (χ4v) is 2.72. The van der Waals surface area contributed by atoms with E-state index in [1.807, 2.05) is 13.0 Å². The van der Waals surface area contributed by atoms with Crippen molar-refractivity contribution < 1.29 is 9.90 Å². The molecule has 19 heavy (non-hydrogen) atoms. The fourth-order valence-electron chi connectivity index (χ4n) is 2.72. The monoisotopic (exact) mass is 268 g/mol. The summed E-state index contributed by atoms with van der Waals surface area (Å²) in [5.41, 5.74) is 0. The Kier molecular flexibility index (Phi) is 10.8. The Morgan fingerprint density at radius 3 is 2.42 bits per heavy atom. The average Bonchev–Trinajstić information content (AvgIpc) is 2.35. The summed E-state index contributed by atoms with van der Waals surface area (Å²) < 4.78 is 0. The Balaban J connectivity index is 4.01. The molecular weight excluding hydrogens is 236 g/mol. The summed E-state index contributed by atoms with van der Waals surface area (Å²) in [6.07, 6.45) is 10.2.